The van der Waals surface area contributed by atoms with Crippen molar-refractivity contribution in [3.05, 3.63) is 65.0 Å². The van der Waals surface area contributed by atoms with Crippen LogP contribution in [-0.2, 0) is 6.61 Å². The van der Waals surface area contributed by atoms with Gasteiger partial charge in [0.15, 0.2) is 0 Å². The third-order valence-electron chi connectivity index (χ3n) is 3.19. The maximum atomic E-state index is 14.0. The Morgan fingerprint density at radius 1 is 1.21 bits per heavy atom. The van der Waals surface area contributed by atoms with Gasteiger partial charge in [-0.25, -0.2) is 13.2 Å². The molecule has 128 valence electrons. The van der Waals surface area contributed by atoms with E-state index >= 15 is 0 Å². The van der Waals surface area contributed by atoms with Gasteiger partial charge in [-0.1, -0.05) is 12.1 Å². The zero-order chi connectivity index (χ0) is 17.7. The SMILES string of the molecule is C[C@@H](CO)NC(=O)c1c(F)cc(OCc2cccc(F)c2)cc1F. The summed E-state index contributed by atoms with van der Waals surface area (Å²) in [5, 5.41) is 11.1. The number of aliphatic hydroxyl groups is 1. The van der Waals surface area contributed by atoms with E-state index in [0.29, 0.717) is 5.56 Å². The molecule has 2 aromatic rings. The molecule has 0 aromatic heterocycles. The molecule has 24 heavy (non-hydrogen) atoms. The van der Waals surface area contributed by atoms with Crippen molar-refractivity contribution in [2.75, 3.05) is 6.61 Å². The van der Waals surface area contributed by atoms with Gasteiger partial charge in [-0.05, 0) is 24.6 Å². The van der Waals surface area contributed by atoms with Crippen molar-refractivity contribution in [2.24, 2.45) is 0 Å². The van der Waals surface area contributed by atoms with Crippen LogP contribution in [0.4, 0.5) is 13.2 Å². The smallest absolute Gasteiger partial charge is 0.257 e. The second-order valence-electron chi connectivity index (χ2n) is 5.24. The molecule has 0 aliphatic carbocycles. The molecule has 0 spiro atoms. The predicted molar refractivity (Wildman–Crippen MR) is 81.1 cm³/mol. The lowest BCUT2D eigenvalue weighted by Gasteiger charge is -2.13. The number of ether oxygens (including phenoxy) is 1. The third-order valence-corrected chi connectivity index (χ3v) is 3.19. The van der Waals surface area contributed by atoms with Gasteiger partial charge in [0.1, 0.15) is 35.4 Å². The normalized spacial score (nSPS) is 11.9. The van der Waals surface area contributed by atoms with Gasteiger partial charge >= 0.3 is 0 Å². The highest BCUT2D eigenvalue weighted by molar-refractivity contribution is 5.95. The van der Waals surface area contributed by atoms with Crippen LogP contribution in [0, 0.1) is 17.5 Å². The Labute approximate surface area is 136 Å². The molecule has 0 saturated heterocycles. The highest BCUT2D eigenvalue weighted by atomic mass is 19.1. The Morgan fingerprint density at radius 2 is 1.88 bits per heavy atom. The highest BCUT2D eigenvalue weighted by Crippen LogP contribution is 2.22. The average Bonchev–Trinajstić information content (AvgIpc) is 2.52. The molecule has 0 aliphatic heterocycles. The van der Waals surface area contributed by atoms with Crippen molar-refractivity contribution < 1.29 is 27.8 Å². The van der Waals surface area contributed by atoms with Gasteiger partial charge in [0.05, 0.1) is 6.61 Å². The number of nitrogens with one attached hydrogen (secondary N) is 1. The molecule has 2 N–H and O–H groups in total. The van der Waals surface area contributed by atoms with Gasteiger partial charge in [0.25, 0.3) is 5.91 Å². The van der Waals surface area contributed by atoms with Crippen LogP contribution < -0.4 is 10.1 Å². The summed E-state index contributed by atoms with van der Waals surface area (Å²) in [6.45, 7) is 1.05. The van der Waals surface area contributed by atoms with E-state index in [1.807, 2.05) is 0 Å². The molecule has 0 fully saturated rings. The Morgan fingerprint density at radius 3 is 2.46 bits per heavy atom. The van der Waals surface area contributed by atoms with E-state index in [-0.39, 0.29) is 19.0 Å². The quantitative estimate of drug-likeness (QED) is 0.851. The van der Waals surface area contributed by atoms with Gasteiger partial charge in [0.2, 0.25) is 0 Å². The first-order valence-corrected chi connectivity index (χ1v) is 7.18. The van der Waals surface area contributed by atoms with Crippen LogP contribution in [0.15, 0.2) is 36.4 Å². The monoisotopic (exact) mass is 339 g/mol. The fourth-order valence-electron chi connectivity index (χ4n) is 1.99. The van der Waals surface area contributed by atoms with E-state index < -0.39 is 35.0 Å². The number of hydrogen-bond acceptors (Lipinski definition) is 3. The van der Waals surface area contributed by atoms with Crippen LogP contribution in [0.5, 0.6) is 5.75 Å². The molecule has 7 heteroatoms. The van der Waals surface area contributed by atoms with Crippen LogP contribution >= 0.6 is 0 Å². The molecule has 2 rings (SSSR count). The van der Waals surface area contributed by atoms with Crippen molar-refractivity contribution >= 4 is 5.91 Å². The third kappa shape index (κ3) is 4.48. The van der Waals surface area contributed by atoms with Gasteiger partial charge < -0.3 is 15.2 Å². The molecule has 4 nitrogen and oxygen atoms in total. The first kappa shape index (κ1) is 17.8. The Kier molecular flexibility index (Phi) is 5.81. The van der Waals surface area contributed by atoms with Crippen molar-refractivity contribution in [1.29, 1.82) is 0 Å². The molecule has 0 aliphatic rings. The van der Waals surface area contributed by atoms with Crippen LogP contribution in [0.25, 0.3) is 0 Å². The summed E-state index contributed by atoms with van der Waals surface area (Å²) in [5.74, 6) is -3.72. The number of carbonyl (C=O) groups excluding carboxylic acids is 1. The summed E-state index contributed by atoms with van der Waals surface area (Å²) in [5.41, 5.74) is -0.261. The number of aliphatic hydroxyl groups excluding tert-OH is 1. The molecular weight excluding hydrogens is 323 g/mol. The Hall–Kier alpha value is -2.54. The molecule has 1 amide bonds. The zero-order valence-corrected chi connectivity index (χ0v) is 12.9. The van der Waals surface area contributed by atoms with Gasteiger partial charge in [-0.2, -0.15) is 0 Å². The van der Waals surface area contributed by atoms with Crippen molar-refractivity contribution in [3.8, 4) is 5.75 Å². The van der Waals surface area contributed by atoms with Crippen LogP contribution in [0.2, 0.25) is 0 Å². The van der Waals surface area contributed by atoms with Gasteiger partial charge in [-0.3, -0.25) is 4.79 Å². The van der Waals surface area contributed by atoms with E-state index in [1.165, 1.54) is 25.1 Å². The molecule has 0 bridgehead atoms. The second kappa shape index (κ2) is 7.83. The lowest BCUT2D eigenvalue weighted by Crippen LogP contribution is -2.36. The van der Waals surface area contributed by atoms with Crippen molar-refractivity contribution in [3.63, 3.8) is 0 Å². The minimum absolute atomic E-state index is 0.0796. The zero-order valence-electron chi connectivity index (χ0n) is 12.9. The second-order valence-corrected chi connectivity index (χ2v) is 5.24. The summed E-state index contributed by atoms with van der Waals surface area (Å²) in [7, 11) is 0. The van der Waals surface area contributed by atoms with Crippen molar-refractivity contribution in [1.82, 2.24) is 5.32 Å². The van der Waals surface area contributed by atoms with E-state index in [9.17, 15) is 18.0 Å². The van der Waals surface area contributed by atoms with E-state index in [4.69, 9.17) is 9.84 Å². The van der Waals surface area contributed by atoms with Crippen LogP contribution in [-0.4, -0.2) is 23.7 Å². The Bertz CT molecular complexity index is 714. The maximum absolute atomic E-state index is 14.0. The molecule has 1 atom stereocenters. The van der Waals surface area contributed by atoms with Crippen LogP contribution in [0.3, 0.4) is 0 Å². The molecule has 0 saturated carbocycles. The lowest BCUT2D eigenvalue weighted by atomic mass is 10.1. The molecule has 0 radical (unpaired) electrons. The molecular formula is C17H16F3NO3. The predicted octanol–water partition coefficient (Wildman–Crippen LogP) is 2.79. The van der Waals surface area contributed by atoms with Crippen LogP contribution in [0.1, 0.15) is 22.8 Å². The summed E-state index contributed by atoms with van der Waals surface area (Å²) in [6.07, 6.45) is 0. The number of amides is 1. The van der Waals surface area contributed by atoms with E-state index in [2.05, 4.69) is 5.32 Å². The first-order chi connectivity index (χ1) is 11.4. The number of hydrogen-bond donors (Lipinski definition) is 2. The number of carbonyl (C=O) groups is 1. The molecule has 2 aromatic carbocycles. The summed E-state index contributed by atoms with van der Waals surface area (Å²) < 4.78 is 46.3. The highest BCUT2D eigenvalue weighted by Gasteiger charge is 2.20. The number of halogens is 3. The fraction of sp³-hybridized carbons (Fsp3) is 0.235. The maximum Gasteiger partial charge on any atom is 0.257 e. The fourth-order valence-corrected chi connectivity index (χ4v) is 1.99. The summed E-state index contributed by atoms with van der Waals surface area (Å²) >= 11 is 0. The topological polar surface area (TPSA) is 58.6 Å². The van der Waals surface area contributed by atoms with E-state index in [0.717, 1.165) is 12.1 Å². The summed E-state index contributed by atoms with van der Waals surface area (Å²) in [4.78, 5) is 11.8. The average molecular weight is 339 g/mol. The van der Waals surface area contributed by atoms with Crippen molar-refractivity contribution in [2.45, 2.75) is 19.6 Å². The minimum Gasteiger partial charge on any atom is -0.489 e. The number of benzene rings is 2. The molecule has 0 unspecified atom stereocenters. The van der Waals surface area contributed by atoms with Gasteiger partial charge in [0, 0.05) is 18.2 Å². The van der Waals surface area contributed by atoms with Gasteiger partial charge in [-0.15, -0.1) is 0 Å². The lowest BCUT2D eigenvalue weighted by molar-refractivity contribution is 0.0913. The number of rotatable bonds is 6. The summed E-state index contributed by atoms with van der Waals surface area (Å²) in [6, 6.07) is 6.72. The molecule has 0 heterocycles. The minimum atomic E-state index is -1.09. The largest absolute Gasteiger partial charge is 0.489 e. The Balaban J connectivity index is 2.12. The standard InChI is InChI=1S/C17H16F3NO3/c1-10(8-22)21-17(23)16-14(19)6-13(7-15(16)20)24-9-11-3-2-4-12(18)5-11/h2-7,10,22H,8-9H2,1H3,(H,21,23)/t10-/m0/s1. The first-order valence-electron chi connectivity index (χ1n) is 7.18. The van der Waals surface area contributed by atoms with E-state index in [1.54, 1.807) is 6.07 Å².